The van der Waals surface area contributed by atoms with Crippen LogP contribution in [0.3, 0.4) is 0 Å². The van der Waals surface area contributed by atoms with Gasteiger partial charge in [-0.05, 0) is 0 Å². The maximum absolute atomic E-state index is 15.4. The molecule has 0 N–H and O–H groups in total. The minimum atomic E-state index is -1.89. The third-order valence-electron chi connectivity index (χ3n) is 5.13. The molecule has 0 spiro atoms. The molecule has 0 saturated carbocycles. The second kappa shape index (κ2) is 6.36. The Labute approximate surface area is 173 Å². The van der Waals surface area contributed by atoms with Crippen molar-refractivity contribution in [2.45, 2.75) is 30.1 Å². The van der Waals surface area contributed by atoms with E-state index in [2.05, 4.69) is 54.2 Å². The van der Waals surface area contributed by atoms with E-state index >= 15 is 4.39 Å². The standard InChI is InChI=1S/C17H15BrFSi.2ClH.Zr/c1-9-8-11-12(10-6-4-5-7-10)15(19)17-14(18)13(11)16(9)20(17,2)3;;;/h4-6,8H,7H2,1-3H3;2*1H;/q;;;+2/p-2. The van der Waals surface area contributed by atoms with Crippen LogP contribution in [-0.4, -0.2) is 8.07 Å². The fourth-order valence-corrected chi connectivity index (χ4v) is 11.5. The Kier molecular flexibility index (Phi) is 5.49. The number of halogens is 4. The number of allylic oxidation sites excluding steroid dienone is 5. The van der Waals surface area contributed by atoms with Gasteiger partial charge in [0.05, 0.1) is 0 Å². The topological polar surface area (TPSA) is 0 Å². The van der Waals surface area contributed by atoms with Gasteiger partial charge < -0.3 is 24.8 Å². The number of hydrogen-bond acceptors (Lipinski definition) is 0. The second-order valence-corrected chi connectivity index (χ2v) is 13.1. The molecule has 1 atom stereocenters. The van der Waals surface area contributed by atoms with Crippen molar-refractivity contribution >= 4 is 40.0 Å². The van der Waals surface area contributed by atoms with Crippen molar-refractivity contribution in [1.82, 2.24) is 0 Å². The monoisotopic (exact) mass is 505 g/mol. The molecule has 23 heavy (non-hydrogen) atoms. The first-order valence-corrected chi connectivity index (χ1v) is 12.4. The largest absolute Gasteiger partial charge is 1.00 e. The molecule has 0 aromatic heterocycles. The maximum atomic E-state index is 15.4. The van der Waals surface area contributed by atoms with Gasteiger partial charge >= 0.3 is 150 Å². The van der Waals surface area contributed by atoms with Gasteiger partial charge in [-0.2, -0.15) is 0 Å². The van der Waals surface area contributed by atoms with Gasteiger partial charge in [0.1, 0.15) is 0 Å². The molecule has 1 aromatic carbocycles. The zero-order valence-electron chi connectivity index (χ0n) is 13.0. The quantitative estimate of drug-likeness (QED) is 0.418. The van der Waals surface area contributed by atoms with E-state index in [0.29, 0.717) is 3.63 Å². The number of fused-ring (bicyclic) bond motifs is 1. The van der Waals surface area contributed by atoms with Crippen molar-refractivity contribution in [2.24, 2.45) is 0 Å². The van der Waals surface area contributed by atoms with Crippen LogP contribution in [0.15, 0.2) is 28.3 Å². The van der Waals surface area contributed by atoms with E-state index in [1.165, 1.54) is 46.6 Å². The van der Waals surface area contributed by atoms with E-state index in [1.807, 2.05) is 0 Å². The van der Waals surface area contributed by atoms with Crippen LogP contribution in [0.25, 0.3) is 10.8 Å². The summed E-state index contributed by atoms with van der Waals surface area (Å²) in [5, 5.41) is 2.49. The molecule has 0 fully saturated rings. The molecule has 1 aromatic rings. The van der Waals surface area contributed by atoms with Gasteiger partial charge in [0.15, 0.2) is 0 Å². The molecule has 1 aliphatic heterocycles. The van der Waals surface area contributed by atoms with E-state index in [0.717, 1.165) is 27.2 Å². The van der Waals surface area contributed by atoms with Crippen LogP contribution >= 0.6 is 15.9 Å². The normalized spacial score (nSPS) is 22.2. The van der Waals surface area contributed by atoms with Crippen molar-refractivity contribution in [3.8, 4) is 0 Å². The van der Waals surface area contributed by atoms with Crippen LogP contribution < -0.4 is 30.0 Å². The van der Waals surface area contributed by atoms with Crippen LogP contribution in [0.2, 0.25) is 13.1 Å². The molecule has 119 valence electrons. The van der Waals surface area contributed by atoms with Crippen molar-refractivity contribution in [1.29, 1.82) is 0 Å². The third kappa shape index (κ3) is 2.35. The molecule has 3 aliphatic rings. The maximum Gasteiger partial charge on any atom is -1.00 e. The smallest absolute Gasteiger partial charge is 1.00 e. The Morgan fingerprint density at radius 2 is 1.91 bits per heavy atom. The number of benzene rings is 1. The van der Waals surface area contributed by atoms with Crippen molar-refractivity contribution < 1.29 is 53.9 Å². The fraction of sp³-hybridized carbons (Fsp3) is 0.294. The van der Waals surface area contributed by atoms with E-state index in [1.54, 1.807) is 0 Å². The van der Waals surface area contributed by atoms with E-state index in [-0.39, 0.29) is 30.6 Å². The summed E-state index contributed by atoms with van der Waals surface area (Å²) in [4.78, 5) is 0. The average molecular weight is 508 g/mol. The molecule has 1 heterocycles. The Hall–Kier alpha value is 0.530. The molecule has 0 saturated heterocycles. The summed E-state index contributed by atoms with van der Waals surface area (Å²) < 4.78 is 16.9. The molecule has 1 unspecified atom stereocenters. The first-order chi connectivity index (χ1) is 9.87. The summed E-state index contributed by atoms with van der Waals surface area (Å²) in [6.45, 7) is 6.86. The molecule has 6 heteroatoms. The minimum absolute atomic E-state index is 0. The molecule has 4 rings (SSSR count). The zero-order chi connectivity index (χ0) is 15.1. The average Bonchev–Trinajstić information content (AvgIpc) is 3.03. The Morgan fingerprint density at radius 1 is 1.26 bits per heavy atom. The van der Waals surface area contributed by atoms with E-state index in [9.17, 15) is 0 Å². The number of hydrogen-bond donors (Lipinski definition) is 0. The summed E-state index contributed by atoms with van der Waals surface area (Å²) in [5.41, 5.74) is 6.19. The van der Waals surface area contributed by atoms with Crippen LogP contribution in [0, 0.1) is 5.82 Å². The Bertz CT molecular complexity index is 812. The van der Waals surface area contributed by atoms with Crippen molar-refractivity contribution in [3.05, 3.63) is 50.8 Å². The Balaban J connectivity index is 0.000000960. The molecular weight excluding hydrogens is 493 g/mol. The summed E-state index contributed by atoms with van der Waals surface area (Å²) in [5.74, 6) is 0.0575. The van der Waals surface area contributed by atoms with E-state index < -0.39 is 8.07 Å². The molecule has 2 aliphatic carbocycles. The van der Waals surface area contributed by atoms with Gasteiger partial charge in [-0.25, -0.2) is 0 Å². The predicted octanol–water partition coefficient (Wildman–Crippen LogP) is -1.22. The zero-order valence-corrected chi connectivity index (χ0v) is 19.6. The molecule has 0 radical (unpaired) electrons. The van der Waals surface area contributed by atoms with Gasteiger partial charge in [-0.15, -0.1) is 0 Å². The molecule has 0 amide bonds. The predicted molar refractivity (Wildman–Crippen MR) is 88.3 cm³/mol. The van der Waals surface area contributed by atoms with Gasteiger partial charge in [-0.1, -0.05) is 0 Å². The van der Waals surface area contributed by atoms with Gasteiger partial charge in [-0.3, -0.25) is 0 Å². The van der Waals surface area contributed by atoms with Crippen LogP contribution in [0.4, 0.5) is 4.39 Å². The molecule has 0 nitrogen and oxygen atoms in total. The summed E-state index contributed by atoms with van der Waals surface area (Å²) >= 11 is 5.20. The third-order valence-corrected chi connectivity index (χ3v) is 11.7. The van der Waals surface area contributed by atoms with Gasteiger partial charge in [0, 0.05) is 0 Å². The summed E-state index contributed by atoms with van der Waals surface area (Å²) in [6, 6.07) is 0. The first-order valence-electron chi connectivity index (χ1n) is 7.21. The van der Waals surface area contributed by atoms with E-state index in [4.69, 9.17) is 0 Å². The van der Waals surface area contributed by atoms with Crippen LogP contribution in [0.5, 0.6) is 0 Å². The summed E-state index contributed by atoms with van der Waals surface area (Å²) in [6.07, 6.45) is 7.13. The number of rotatable bonds is 1. The fourth-order valence-electron chi connectivity index (χ4n) is 4.22. The van der Waals surface area contributed by atoms with Gasteiger partial charge in [0.2, 0.25) is 0 Å². The van der Waals surface area contributed by atoms with Crippen molar-refractivity contribution in [3.63, 3.8) is 0 Å². The molecule has 2 bridgehead atoms. The minimum Gasteiger partial charge on any atom is -1.00 e. The second-order valence-electron chi connectivity index (χ2n) is 6.61. The molecular formula is C17H15BrCl2FSiZr. The van der Waals surface area contributed by atoms with Crippen LogP contribution in [-0.2, 0) is 24.7 Å². The van der Waals surface area contributed by atoms with Gasteiger partial charge in [0.25, 0.3) is 0 Å². The Morgan fingerprint density at radius 3 is 2.48 bits per heavy atom. The summed E-state index contributed by atoms with van der Waals surface area (Å²) in [7, 11) is -1.89. The SMILES string of the molecule is CC1=C2c3c(Br)c(c(F)c(C4=CC=CC4)c3[CH]1[Zr+2])[Si]2(C)C.[Cl-].[Cl-]. The first kappa shape index (κ1) is 19.8. The van der Waals surface area contributed by atoms with Crippen molar-refractivity contribution in [2.75, 3.05) is 0 Å². The van der Waals surface area contributed by atoms with Crippen LogP contribution in [0.1, 0.15) is 33.7 Å².